The van der Waals surface area contributed by atoms with Crippen LogP contribution in [0.25, 0.3) is 22.0 Å². The molecule has 0 amide bonds. The molecule has 22 heavy (non-hydrogen) atoms. The van der Waals surface area contributed by atoms with Crippen molar-refractivity contribution in [2.45, 2.75) is 6.54 Å². The topological polar surface area (TPSA) is 60.9 Å². The van der Waals surface area contributed by atoms with Gasteiger partial charge in [-0.3, -0.25) is 9.36 Å². The van der Waals surface area contributed by atoms with Crippen LogP contribution in [0.4, 0.5) is 4.39 Å². The van der Waals surface area contributed by atoms with E-state index in [-0.39, 0.29) is 11.4 Å². The molecule has 0 radical (unpaired) electrons. The molecule has 0 aliphatic rings. The van der Waals surface area contributed by atoms with Crippen molar-refractivity contribution in [3.63, 3.8) is 0 Å². The van der Waals surface area contributed by atoms with Crippen LogP contribution in [0.15, 0.2) is 58.1 Å². The smallest absolute Gasteiger partial charge is 0.265 e. The van der Waals surface area contributed by atoms with Crippen LogP contribution >= 0.6 is 0 Å². The molecule has 0 fully saturated rings. The molecule has 4 rings (SSSR count). The maximum absolute atomic E-state index is 13.0. The van der Waals surface area contributed by atoms with Gasteiger partial charge in [-0.15, -0.1) is 0 Å². The highest BCUT2D eigenvalue weighted by atomic mass is 19.1. The molecule has 3 heterocycles. The maximum atomic E-state index is 13.0. The lowest BCUT2D eigenvalue weighted by Gasteiger charge is -2.09. The fourth-order valence-corrected chi connectivity index (χ4v) is 2.54. The van der Waals surface area contributed by atoms with Crippen LogP contribution in [0.3, 0.4) is 0 Å². The lowest BCUT2D eigenvalue weighted by molar-refractivity contribution is 0.458. The molecule has 0 aliphatic carbocycles. The summed E-state index contributed by atoms with van der Waals surface area (Å²) in [5.74, 6) is -0.312. The zero-order valence-electron chi connectivity index (χ0n) is 11.4. The van der Waals surface area contributed by atoms with Crippen LogP contribution in [0.1, 0.15) is 5.56 Å². The lowest BCUT2D eigenvalue weighted by Crippen LogP contribution is -2.21. The van der Waals surface area contributed by atoms with Crippen molar-refractivity contribution in [2.75, 3.05) is 0 Å². The van der Waals surface area contributed by atoms with Gasteiger partial charge in [0.05, 0.1) is 18.1 Å². The van der Waals surface area contributed by atoms with E-state index in [4.69, 9.17) is 4.52 Å². The van der Waals surface area contributed by atoms with E-state index >= 15 is 0 Å². The summed E-state index contributed by atoms with van der Waals surface area (Å²) in [5.41, 5.74) is 1.53. The fraction of sp³-hybridized carbons (Fsp3) is 0.0625. The molecule has 5 nitrogen and oxygen atoms in total. The van der Waals surface area contributed by atoms with Crippen molar-refractivity contribution in [3.05, 3.63) is 70.5 Å². The van der Waals surface area contributed by atoms with E-state index in [0.717, 1.165) is 10.9 Å². The normalized spacial score (nSPS) is 11.3. The molecule has 6 heteroatoms. The number of benzene rings is 1. The average Bonchev–Trinajstić information content (AvgIpc) is 3.03. The van der Waals surface area contributed by atoms with Gasteiger partial charge in [-0.2, -0.15) is 0 Å². The first-order valence-electron chi connectivity index (χ1n) is 6.70. The molecule has 0 atom stereocenters. The predicted molar refractivity (Wildman–Crippen MR) is 79.1 cm³/mol. The highest BCUT2D eigenvalue weighted by Crippen LogP contribution is 2.21. The van der Waals surface area contributed by atoms with Gasteiger partial charge in [0.2, 0.25) is 0 Å². The van der Waals surface area contributed by atoms with Crippen LogP contribution in [-0.2, 0) is 6.54 Å². The second-order valence-electron chi connectivity index (χ2n) is 4.96. The lowest BCUT2D eigenvalue weighted by atomic mass is 10.2. The van der Waals surface area contributed by atoms with E-state index in [1.165, 1.54) is 18.3 Å². The second kappa shape index (κ2) is 4.77. The summed E-state index contributed by atoms with van der Waals surface area (Å²) in [7, 11) is 0. The summed E-state index contributed by atoms with van der Waals surface area (Å²) < 4.78 is 19.7. The first-order valence-corrected chi connectivity index (χ1v) is 6.70. The van der Waals surface area contributed by atoms with Crippen molar-refractivity contribution < 1.29 is 8.91 Å². The van der Waals surface area contributed by atoms with E-state index < -0.39 is 0 Å². The summed E-state index contributed by atoms with van der Waals surface area (Å²) in [6.07, 6.45) is 3.02. The number of nitrogens with zero attached hydrogens (tertiary/aromatic N) is 3. The standard InChI is InChI=1S/C16H10FN3O2/c17-11-5-3-10(4-6-11)9-20-15-12(2-1-7-18-15)14-13(16(20)21)8-19-22-14/h1-8H,9H2. The molecule has 1 aromatic carbocycles. The third-order valence-electron chi connectivity index (χ3n) is 3.59. The summed E-state index contributed by atoms with van der Waals surface area (Å²) in [6, 6.07) is 9.64. The largest absolute Gasteiger partial charge is 0.355 e. The highest BCUT2D eigenvalue weighted by molar-refractivity contribution is 6.00. The van der Waals surface area contributed by atoms with Crippen LogP contribution in [0.2, 0.25) is 0 Å². The molecule has 108 valence electrons. The first kappa shape index (κ1) is 12.7. The van der Waals surface area contributed by atoms with E-state index in [2.05, 4.69) is 10.1 Å². The quantitative estimate of drug-likeness (QED) is 0.570. The van der Waals surface area contributed by atoms with E-state index in [9.17, 15) is 9.18 Å². The molecule has 0 N–H and O–H groups in total. The zero-order chi connectivity index (χ0) is 15.1. The molecule has 0 spiro atoms. The van der Waals surface area contributed by atoms with Crippen molar-refractivity contribution >= 4 is 22.0 Å². The molecular weight excluding hydrogens is 285 g/mol. The minimum atomic E-state index is -0.312. The maximum Gasteiger partial charge on any atom is 0.265 e. The molecule has 0 saturated heterocycles. The van der Waals surface area contributed by atoms with Gasteiger partial charge in [-0.1, -0.05) is 17.3 Å². The van der Waals surface area contributed by atoms with E-state index in [0.29, 0.717) is 23.2 Å². The Labute approximate surface area is 123 Å². The van der Waals surface area contributed by atoms with Gasteiger partial charge < -0.3 is 4.52 Å². The van der Waals surface area contributed by atoms with Crippen LogP contribution in [-0.4, -0.2) is 14.7 Å². The monoisotopic (exact) mass is 295 g/mol. The highest BCUT2D eigenvalue weighted by Gasteiger charge is 2.15. The Balaban J connectivity index is 2.00. The summed E-state index contributed by atoms with van der Waals surface area (Å²) in [6.45, 7) is 0.299. The summed E-state index contributed by atoms with van der Waals surface area (Å²) >= 11 is 0. The number of hydrogen-bond acceptors (Lipinski definition) is 4. The average molecular weight is 295 g/mol. The number of fused-ring (bicyclic) bond motifs is 3. The molecule has 0 saturated carbocycles. The Morgan fingerprint density at radius 1 is 1.14 bits per heavy atom. The number of aromatic nitrogens is 3. The first-order chi connectivity index (χ1) is 10.7. The second-order valence-corrected chi connectivity index (χ2v) is 4.96. The zero-order valence-corrected chi connectivity index (χ0v) is 11.4. The van der Waals surface area contributed by atoms with Gasteiger partial charge in [0, 0.05) is 6.20 Å². The van der Waals surface area contributed by atoms with Crippen molar-refractivity contribution in [3.8, 4) is 0 Å². The minimum absolute atomic E-state index is 0.230. The number of hydrogen-bond donors (Lipinski definition) is 0. The number of pyridine rings is 2. The predicted octanol–water partition coefficient (Wildman–Crippen LogP) is 2.73. The molecule has 0 unspecified atom stereocenters. The number of rotatable bonds is 2. The minimum Gasteiger partial charge on any atom is -0.355 e. The van der Waals surface area contributed by atoms with Crippen LogP contribution in [0.5, 0.6) is 0 Å². The Kier molecular flexibility index (Phi) is 2.75. The van der Waals surface area contributed by atoms with Crippen molar-refractivity contribution in [2.24, 2.45) is 0 Å². The van der Waals surface area contributed by atoms with Gasteiger partial charge in [-0.05, 0) is 29.8 Å². The third-order valence-corrected chi connectivity index (χ3v) is 3.59. The third kappa shape index (κ3) is 1.88. The molecule has 3 aromatic heterocycles. The van der Waals surface area contributed by atoms with E-state index in [1.54, 1.807) is 29.0 Å². The van der Waals surface area contributed by atoms with Crippen LogP contribution in [0, 0.1) is 5.82 Å². The van der Waals surface area contributed by atoms with E-state index in [1.807, 2.05) is 6.07 Å². The van der Waals surface area contributed by atoms with Gasteiger partial charge in [-0.25, -0.2) is 9.37 Å². The molecule has 0 bridgehead atoms. The van der Waals surface area contributed by atoms with Gasteiger partial charge >= 0.3 is 0 Å². The Bertz CT molecular complexity index is 1030. The van der Waals surface area contributed by atoms with Gasteiger partial charge in [0.1, 0.15) is 16.9 Å². The molecule has 4 aromatic rings. The molecular formula is C16H10FN3O2. The summed E-state index contributed by atoms with van der Waals surface area (Å²) in [5, 5.41) is 4.83. The fourth-order valence-electron chi connectivity index (χ4n) is 2.54. The summed E-state index contributed by atoms with van der Waals surface area (Å²) in [4.78, 5) is 16.9. The van der Waals surface area contributed by atoms with Crippen molar-refractivity contribution in [1.29, 1.82) is 0 Å². The SMILES string of the molecule is O=c1c2cnoc2c2cccnc2n1Cc1ccc(F)cc1. The van der Waals surface area contributed by atoms with Gasteiger partial charge in [0.15, 0.2) is 5.58 Å². The van der Waals surface area contributed by atoms with Crippen LogP contribution < -0.4 is 5.56 Å². The van der Waals surface area contributed by atoms with Crippen molar-refractivity contribution in [1.82, 2.24) is 14.7 Å². The van der Waals surface area contributed by atoms with Gasteiger partial charge in [0.25, 0.3) is 5.56 Å². The Hall–Kier alpha value is -3.02. The number of halogens is 1. The Morgan fingerprint density at radius 3 is 2.77 bits per heavy atom. The molecule has 0 aliphatic heterocycles. The Morgan fingerprint density at radius 2 is 1.95 bits per heavy atom.